The maximum absolute atomic E-state index is 13.3. The van der Waals surface area contributed by atoms with E-state index in [4.69, 9.17) is 55.9 Å². The minimum atomic E-state index is -4.53. The molecule has 3 aromatic carbocycles. The Kier molecular flexibility index (Phi) is 11.6. The van der Waals surface area contributed by atoms with Crippen LogP contribution in [-0.2, 0) is 10.1 Å². The molecule has 0 aliphatic heterocycles. The van der Waals surface area contributed by atoms with E-state index in [0.29, 0.717) is 7.14 Å². The van der Waals surface area contributed by atoms with Crippen molar-refractivity contribution in [1.29, 1.82) is 0 Å². The van der Waals surface area contributed by atoms with Crippen molar-refractivity contribution in [3.63, 3.8) is 0 Å². The Balaban J connectivity index is 2.12. The molecule has 37 heavy (non-hydrogen) atoms. The maximum Gasteiger partial charge on any atom is 0.346 e. The molecule has 0 aliphatic carbocycles. The van der Waals surface area contributed by atoms with Crippen LogP contribution in [0.1, 0.15) is 20.7 Å². The molecule has 3 rings (SSSR count). The van der Waals surface area contributed by atoms with Gasteiger partial charge in [0.1, 0.15) is 10.6 Å². The lowest BCUT2D eigenvalue weighted by Gasteiger charge is -2.16. The van der Waals surface area contributed by atoms with E-state index in [1.807, 2.05) is 45.2 Å². The van der Waals surface area contributed by atoms with E-state index in [1.54, 1.807) is 57.3 Å². The summed E-state index contributed by atoms with van der Waals surface area (Å²) in [7, 11) is -4.53. The summed E-state index contributed by atoms with van der Waals surface area (Å²) in [6.45, 7) is 0. The van der Waals surface area contributed by atoms with Gasteiger partial charge in [0.2, 0.25) is 0 Å². The van der Waals surface area contributed by atoms with Crippen molar-refractivity contribution in [2.45, 2.75) is 4.90 Å². The van der Waals surface area contributed by atoms with Crippen LogP contribution in [0.2, 0.25) is 20.1 Å². The van der Waals surface area contributed by atoms with Crippen molar-refractivity contribution >= 4 is 181 Å². The second-order valence-corrected chi connectivity index (χ2v) is 15.4. The number of hydrogen-bond acceptors (Lipinski definition) is 6. The predicted octanol–water partition coefficient (Wildman–Crippen LogP) is 9.01. The summed E-state index contributed by atoms with van der Waals surface area (Å²) in [6, 6.07) is 5.96. The maximum atomic E-state index is 13.3. The summed E-state index contributed by atoms with van der Waals surface area (Å²) in [5.41, 5.74) is -0.986. The van der Waals surface area contributed by atoms with Gasteiger partial charge in [-0.3, -0.25) is 4.55 Å². The molecular weight excluding hydrogens is 1160 g/mol. The van der Waals surface area contributed by atoms with E-state index < -0.39 is 38.2 Å². The van der Waals surface area contributed by atoms with Crippen LogP contribution < -0.4 is 9.47 Å². The highest BCUT2D eigenvalue weighted by molar-refractivity contribution is 14.1. The third-order valence-electron chi connectivity index (χ3n) is 4.27. The van der Waals surface area contributed by atoms with Gasteiger partial charge in [0.05, 0.1) is 38.4 Å². The summed E-state index contributed by atoms with van der Waals surface area (Å²) in [5.74, 6) is -2.06. The second-order valence-electron chi connectivity index (χ2n) is 6.67. The lowest BCUT2D eigenvalue weighted by Crippen LogP contribution is -2.20. The Labute approximate surface area is 298 Å². The van der Waals surface area contributed by atoms with E-state index in [-0.39, 0.29) is 38.6 Å². The van der Waals surface area contributed by atoms with E-state index in [2.05, 4.69) is 22.6 Å². The minimum Gasteiger partial charge on any atom is -0.423 e. The van der Waals surface area contributed by atoms with Gasteiger partial charge in [-0.1, -0.05) is 46.4 Å². The highest BCUT2D eigenvalue weighted by Crippen LogP contribution is 2.43. The molecule has 0 atom stereocenters. The first kappa shape index (κ1) is 32.8. The molecule has 0 saturated heterocycles. The molecule has 0 aromatic heterocycles. The van der Waals surface area contributed by atoms with Crippen molar-refractivity contribution in [1.82, 2.24) is 0 Å². The summed E-state index contributed by atoms with van der Waals surface area (Å²) >= 11 is 34.4. The van der Waals surface area contributed by atoms with Crippen molar-refractivity contribution in [3.8, 4) is 11.5 Å². The molecule has 0 bridgehead atoms. The molecule has 0 radical (unpaired) electrons. The van der Waals surface area contributed by atoms with Gasteiger partial charge in [-0.25, -0.2) is 9.59 Å². The van der Waals surface area contributed by atoms with Gasteiger partial charge in [-0.15, -0.1) is 0 Å². The molecule has 0 saturated carbocycles. The fraction of sp³-hybridized carbons (Fsp3) is 0. The van der Waals surface area contributed by atoms with Crippen molar-refractivity contribution in [3.05, 3.63) is 73.3 Å². The van der Waals surface area contributed by atoms with Gasteiger partial charge in [-0.2, -0.15) is 8.42 Å². The van der Waals surface area contributed by atoms with E-state index >= 15 is 0 Å². The molecule has 0 unspecified atom stereocenters. The average molecular weight is 1170 g/mol. The van der Waals surface area contributed by atoms with Crippen molar-refractivity contribution < 1.29 is 32.0 Å². The van der Waals surface area contributed by atoms with Gasteiger partial charge < -0.3 is 9.47 Å². The zero-order valence-corrected chi connectivity index (χ0v) is 31.6. The normalized spacial score (nSPS) is 11.4. The smallest absolute Gasteiger partial charge is 0.346 e. The first-order chi connectivity index (χ1) is 17.0. The summed E-state index contributed by atoms with van der Waals surface area (Å²) in [5, 5.41) is -1.35. The number of halogens is 9. The largest absolute Gasteiger partial charge is 0.423 e. The Morgan fingerprint density at radius 2 is 1.08 bits per heavy atom. The third kappa shape index (κ3) is 7.40. The highest BCUT2D eigenvalue weighted by atomic mass is 127. The molecule has 0 aliphatic rings. The third-order valence-corrected chi connectivity index (χ3v) is 11.7. The second kappa shape index (κ2) is 13.1. The molecule has 0 fully saturated rings. The molecule has 0 spiro atoms. The van der Waals surface area contributed by atoms with Crippen molar-refractivity contribution in [2.75, 3.05) is 0 Å². The number of esters is 2. The number of carbonyl (C=O) groups excluding carboxylic acids is 2. The van der Waals surface area contributed by atoms with Gasteiger partial charge in [0.25, 0.3) is 10.1 Å². The molecular formula is C20H5Cl4I5O7S. The Morgan fingerprint density at radius 1 is 0.676 bits per heavy atom. The van der Waals surface area contributed by atoms with Crippen LogP contribution in [0, 0.1) is 17.9 Å². The number of carbonyl (C=O) groups is 2. The SMILES string of the molecule is O=C(Oc1cc(I)c(S(=O)(=O)O)c(I)c1)c1c(Cl)c(Cl)c(Cl)c(Cl)c1C(=O)Oc1c(I)cc(I)cc1I. The Bertz CT molecular complexity index is 1550. The topological polar surface area (TPSA) is 107 Å². The molecule has 3 aromatic rings. The van der Waals surface area contributed by atoms with Crippen LogP contribution in [-0.4, -0.2) is 24.9 Å². The van der Waals surface area contributed by atoms with Crippen LogP contribution in [0.5, 0.6) is 11.5 Å². The van der Waals surface area contributed by atoms with Gasteiger partial charge in [0, 0.05) is 10.7 Å². The minimum absolute atomic E-state index is 0.0792. The first-order valence-electron chi connectivity index (χ1n) is 8.96. The lowest BCUT2D eigenvalue weighted by atomic mass is 10.1. The van der Waals surface area contributed by atoms with Gasteiger partial charge >= 0.3 is 11.9 Å². The predicted molar refractivity (Wildman–Crippen MR) is 183 cm³/mol. The van der Waals surface area contributed by atoms with Crippen LogP contribution >= 0.6 is 159 Å². The number of rotatable bonds is 5. The monoisotopic (exact) mass is 1160 g/mol. The summed E-state index contributed by atoms with van der Waals surface area (Å²) in [4.78, 5) is 26.2. The molecule has 7 nitrogen and oxygen atoms in total. The standard InChI is InChI=1S/C20H5Cl4I5O7S/c21-13-11(19(30)35-6-3-9(28)18(10(29)4-6)37(32,33)34)12(14(22)16(24)15(13)23)20(31)36-17-7(26)1-5(25)2-8(17)27/h1-4H,(H,32,33,34). The first-order valence-corrected chi connectivity index (χ1v) is 17.3. The summed E-state index contributed by atoms with van der Waals surface area (Å²) < 4.78 is 46.0. The average Bonchev–Trinajstić information content (AvgIpc) is 2.75. The fourth-order valence-corrected chi connectivity index (χ4v) is 11.6. The highest BCUT2D eigenvalue weighted by Gasteiger charge is 2.32. The lowest BCUT2D eigenvalue weighted by molar-refractivity contribution is 0.0690. The van der Waals surface area contributed by atoms with Gasteiger partial charge in [-0.05, 0) is 137 Å². The zero-order valence-electron chi connectivity index (χ0n) is 17.0. The van der Waals surface area contributed by atoms with E-state index in [0.717, 1.165) is 3.57 Å². The number of benzene rings is 3. The Morgan fingerprint density at radius 3 is 1.49 bits per heavy atom. The summed E-state index contributed by atoms with van der Waals surface area (Å²) in [6.07, 6.45) is 0. The molecule has 0 amide bonds. The van der Waals surface area contributed by atoms with Crippen molar-refractivity contribution in [2.24, 2.45) is 0 Å². The molecule has 0 heterocycles. The van der Waals surface area contributed by atoms with Crippen LogP contribution in [0.4, 0.5) is 0 Å². The van der Waals surface area contributed by atoms with Crippen LogP contribution in [0.25, 0.3) is 0 Å². The molecule has 17 heteroatoms. The number of hydrogen-bond donors (Lipinski definition) is 1. The van der Waals surface area contributed by atoms with E-state index in [9.17, 15) is 22.6 Å². The Hall–Kier alpha value is 1.32. The molecule has 1 N–H and O–H groups in total. The van der Waals surface area contributed by atoms with Crippen LogP contribution in [0.15, 0.2) is 29.2 Å². The quantitative estimate of drug-likeness (QED) is 0.0680. The molecule has 196 valence electrons. The fourth-order valence-electron chi connectivity index (χ4n) is 2.79. The zero-order chi connectivity index (χ0) is 28.0. The van der Waals surface area contributed by atoms with Gasteiger partial charge in [0.15, 0.2) is 5.75 Å². The number of ether oxygens (including phenoxy) is 2. The van der Waals surface area contributed by atoms with Crippen LogP contribution in [0.3, 0.4) is 0 Å². The van der Waals surface area contributed by atoms with E-state index in [1.165, 1.54) is 12.1 Å².